The van der Waals surface area contributed by atoms with Crippen LogP contribution in [0.4, 0.5) is 5.69 Å². The van der Waals surface area contributed by atoms with Gasteiger partial charge in [0.1, 0.15) is 0 Å². The first kappa shape index (κ1) is 12.4. The summed E-state index contributed by atoms with van der Waals surface area (Å²) in [5, 5.41) is 2.79. The second kappa shape index (κ2) is 5.46. The predicted molar refractivity (Wildman–Crippen MR) is 70.8 cm³/mol. The van der Waals surface area contributed by atoms with E-state index in [1.165, 1.54) is 5.56 Å². The minimum atomic E-state index is -0.427. The molecule has 0 saturated carbocycles. The summed E-state index contributed by atoms with van der Waals surface area (Å²) in [6.45, 7) is 3.92. The third-order valence-corrected chi connectivity index (χ3v) is 3.38. The molecule has 0 unspecified atom stereocenters. The van der Waals surface area contributed by atoms with Crippen LogP contribution in [-0.4, -0.2) is 11.9 Å². The van der Waals surface area contributed by atoms with Crippen LogP contribution in [0.25, 0.3) is 0 Å². The van der Waals surface area contributed by atoms with Crippen molar-refractivity contribution in [2.75, 3.05) is 5.32 Å². The zero-order chi connectivity index (χ0) is 11.4. The van der Waals surface area contributed by atoms with Crippen LogP contribution in [0.2, 0.25) is 0 Å². The lowest BCUT2D eigenvalue weighted by atomic mass is 10.2. The third-order valence-electron chi connectivity index (χ3n) is 2.22. The molecule has 3 N–H and O–H groups in total. The van der Waals surface area contributed by atoms with E-state index < -0.39 is 6.04 Å². The Hall–Kier alpha value is -0.620. The zero-order valence-electron chi connectivity index (χ0n) is 8.88. The molecule has 1 aromatic rings. The van der Waals surface area contributed by atoms with Gasteiger partial charge in [0.15, 0.2) is 0 Å². The summed E-state index contributed by atoms with van der Waals surface area (Å²) in [4.78, 5) is 11.5. The second-order valence-electron chi connectivity index (χ2n) is 3.47. The van der Waals surface area contributed by atoms with E-state index in [4.69, 9.17) is 5.73 Å². The third kappa shape index (κ3) is 3.46. The number of hydrogen-bond acceptors (Lipinski definition) is 2. The Morgan fingerprint density at radius 3 is 2.80 bits per heavy atom. The van der Waals surface area contributed by atoms with Gasteiger partial charge in [-0.05, 0) is 53.6 Å². The predicted octanol–water partition coefficient (Wildman–Crippen LogP) is 2.28. The van der Waals surface area contributed by atoms with Gasteiger partial charge in [0, 0.05) is 9.26 Å². The van der Waals surface area contributed by atoms with Crippen molar-refractivity contribution in [3.8, 4) is 0 Å². The highest BCUT2D eigenvalue weighted by Crippen LogP contribution is 2.17. The first-order valence-corrected chi connectivity index (χ1v) is 5.95. The minimum absolute atomic E-state index is 0.128. The monoisotopic (exact) mass is 318 g/mol. The van der Waals surface area contributed by atoms with Crippen LogP contribution in [0.3, 0.4) is 0 Å². The lowest BCUT2D eigenvalue weighted by molar-refractivity contribution is -0.117. The van der Waals surface area contributed by atoms with E-state index in [-0.39, 0.29) is 5.91 Å². The van der Waals surface area contributed by atoms with Gasteiger partial charge in [-0.1, -0.05) is 13.0 Å². The van der Waals surface area contributed by atoms with E-state index in [1.54, 1.807) is 0 Å². The van der Waals surface area contributed by atoms with Gasteiger partial charge < -0.3 is 11.1 Å². The Morgan fingerprint density at radius 1 is 1.60 bits per heavy atom. The molecule has 0 bridgehead atoms. The highest BCUT2D eigenvalue weighted by atomic mass is 127. The van der Waals surface area contributed by atoms with Crippen molar-refractivity contribution in [1.82, 2.24) is 0 Å². The van der Waals surface area contributed by atoms with Crippen LogP contribution < -0.4 is 11.1 Å². The van der Waals surface area contributed by atoms with Gasteiger partial charge >= 0.3 is 0 Å². The van der Waals surface area contributed by atoms with Crippen LogP contribution in [0.15, 0.2) is 18.2 Å². The maximum Gasteiger partial charge on any atom is 0.241 e. The molecule has 15 heavy (non-hydrogen) atoms. The molecule has 0 fully saturated rings. The van der Waals surface area contributed by atoms with E-state index in [0.29, 0.717) is 6.42 Å². The number of amides is 1. The zero-order valence-corrected chi connectivity index (χ0v) is 11.0. The normalized spacial score (nSPS) is 12.3. The van der Waals surface area contributed by atoms with Crippen molar-refractivity contribution in [2.45, 2.75) is 26.3 Å². The average Bonchev–Trinajstić information content (AvgIpc) is 2.22. The Labute approximate surface area is 104 Å². The van der Waals surface area contributed by atoms with Gasteiger partial charge in [0.25, 0.3) is 0 Å². The SMILES string of the molecule is CC[C@H](N)C(=O)Nc1ccc(C)c(I)c1. The summed E-state index contributed by atoms with van der Waals surface area (Å²) in [5.74, 6) is -0.128. The maximum atomic E-state index is 11.5. The number of halogens is 1. The van der Waals surface area contributed by atoms with Crippen LogP contribution in [0.5, 0.6) is 0 Å². The Bertz CT molecular complexity index is 366. The lowest BCUT2D eigenvalue weighted by Crippen LogP contribution is -2.34. The molecule has 0 aliphatic carbocycles. The summed E-state index contributed by atoms with van der Waals surface area (Å²) in [6, 6.07) is 5.38. The number of rotatable bonds is 3. The number of anilines is 1. The van der Waals surface area contributed by atoms with Crippen molar-refractivity contribution in [3.05, 3.63) is 27.3 Å². The van der Waals surface area contributed by atoms with Crippen molar-refractivity contribution >= 4 is 34.2 Å². The van der Waals surface area contributed by atoms with Gasteiger partial charge in [-0.25, -0.2) is 0 Å². The van der Waals surface area contributed by atoms with Crippen molar-refractivity contribution in [1.29, 1.82) is 0 Å². The largest absolute Gasteiger partial charge is 0.325 e. The van der Waals surface area contributed by atoms with Gasteiger partial charge in [0.05, 0.1) is 6.04 Å². The molecule has 0 spiro atoms. The molecule has 3 nitrogen and oxygen atoms in total. The van der Waals surface area contributed by atoms with Crippen molar-refractivity contribution in [3.63, 3.8) is 0 Å². The average molecular weight is 318 g/mol. The molecule has 0 saturated heterocycles. The fourth-order valence-electron chi connectivity index (χ4n) is 1.09. The molecule has 1 aromatic carbocycles. The van der Waals surface area contributed by atoms with Gasteiger partial charge in [0.2, 0.25) is 5.91 Å². The summed E-state index contributed by atoms with van der Waals surface area (Å²) in [5.41, 5.74) is 7.63. The van der Waals surface area contributed by atoms with Gasteiger partial charge in [-0.2, -0.15) is 0 Å². The number of hydrogen-bond donors (Lipinski definition) is 2. The number of carbonyl (C=O) groups excluding carboxylic acids is 1. The Kier molecular flexibility index (Phi) is 4.53. The number of nitrogens with one attached hydrogen (secondary N) is 1. The minimum Gasteiger partial charge on any atom is -0.325 e. The van der Waals surface area contributed by atoms with Gasteiger partial charge in [-0.3, -0.25) is 4.79 Å². The smallest absolute Gasteiger partial charge is 0.241 e. The van der Waals surface area contributed by atoms with Crippen LogP contribution >= 0.6 is 22.6 Å². The molecule has 0 aliphatic heterocycles. The van der Waals surface area contributed by atoms with Gasteiger partial charge in [-0.15, -0.1) is 0 Å². The number of carbonyl (C=O) groups is 1. The summed E-state index contributed by atoms with van der Waals surface area (Å²) in [7, 11) is 0. The molecule has 0 aromatic heterocycles. The Balaban J connectivity index is 2.73. The second-order valence-corrected chi connectivity index (χ2v) is 4.63. The highest BCUT2D eigenvalue weighted by molar-refractivity contribution is 14.1. The number of benzene rings is 1. The molecule has 1 atom stereocenters. The van der Waals surface area contributed by atoms with Crippen LogP contribution in [0.1, 0.15) is 18.9 Å². The summed E-state index contributed by atoms with van der Waals surface area (Å²) in [6.07, 6.45) is 0.648. The topological polar surface area (TPSA) is 55.1 Å². The molecular formula is C11H15IN2O. The molecule has 82 valence electrons. The van der Waals surface area contributed by atoms with E-state index in [9.17, 15) is 4.79 Å². The summed E-state index contributed by atoms with van der Waals surface area (Å²) < 4.78 is 1.13. The van der Waals surface area contributed by atoms with E-state index >= 15 is 0 Å². The van der Waals surface area contributed by atoms with E-state index in [1.807, 2.05) is 32.0 Å². The fraction of sp³-hybridized carbons (Fsp3) is 0.364. The van der Waals surface area contributed by atoms with Crippen molar-refractivity contribution in [2.24, 2.45) is 5.73 Å². The first-order chi connectivity index (χ1) is 7.04. The molecule has 4 heteroatoms. The molecule has 1 rings (SSSR count). The standard InChI is InChI=1S/C11H15IN2O/c1-3-10(13)11(15)14-8-5-4-7(2)9(12)6-8/h4-6,10H,3,13H2,1-2H3,(H,14,15)/t10-/m0/s1. The molecular weight excluding hydrogens is 303 g/mol. The molecule has 0 aliphatic rings. The van der Waals surface area contributed by atoms with E-state index in [2.05, 4.69) is 27.9 Å². The first-order valence-electron chi connectivity index (χ1n) is 4.87. The Morgan fingerprint density at radius 2 is 2.27 bits per heavy atom. The van der Waals surface area contributed by atoms with Crippen molar-refractivity contribution < 1.29 is 4.79 Å². The van der Waals surface area contributed by atoms with Crippen LogP contribution in [-0.2, 0) is 4.79 Å². The van der Waals surface area contributed by atoms with Crippen LogP contribution in [0, 0.1) is 10.5 Å². The maximum absolute atomic E-state index is 11.5. The lowest BCUT2D eigenvalue weighted by Gasteiger charge is -2.10. The number of nitrogens with two attached hydrogens (primary N) is 1. The number of aryl methyl sites for hydroxylation is 1. The van der Waals surface area contributed by atoms with E-state index in [0.717, 1.165) is 9.26 Å². The molecule has 0 radical (unpaired) electrons. The summed E-state index contributed by atoms with van der Waals surface area (Å²) >= 11 is 2.24. The fourth-order valence-corrected chi connectivity index (χ4v) is 1.61. The molecule has 1 amide bonds. The quantitative estimate of drug-likeness (QED) is 0.840. The highest BCUT2D eigenvalue weighted by Gasteiger charge is 2.10. The molecule has 0 heterocycles.